The van der Waals surface area contributed by atoms with E-state index in [4.69, 9.17) is 0 Å². The van der Waals surface area contributed by atoms with Crippen LogP contribution in [0.3, 0.4) is 0 Å². The molecule has 0 nitrogen and oxygen atoms in total. The van der Waals surface area contributed by atoms with Gasteiger partial charge < -0.3 is 0 Å². The van der Waals surface area contributed by atoms with E-state index >= 15 is 0 Å². The summed E-state index contributed by atoms with van der Waals surface area (Å²) in [7, 11) is 0. The van der Waals surface area contributed by atoms with Crippen molar-refractivity contribution in [3.05, 3.63) is 210 Å². The minimum absolute atomic E-state index is 0.0345. The predicted molar refractivity (Wildman–Crippen MR) is 254 cm³/mol. The van der Waals surface area contributed by atoms with Crippen LogP contribution in [0.15, 0.2) is 188 Å². The Kier molecular flexibility index (Phi) is 7.72. The lowest BCUT2D eigenvalue weighted by Gasteiger charge is -2.22. The molecule has 0 heteroatoms. The molecule has 59 heavy (non-hydrogen) atoms. The van der Waals surface area contributed by atoms with Gasteiger partial charge >= 0.3 is 0 Å². The zero-order chi connectivity index (χ0) is 40.2. The average Bonchev–Trinajstić information content (AvgIpc) is 3.63. The summed E-state index contributed by atoms with van der Waals surface area (Å²) in [4.78, 5) is 0. The Bertz CT molecular complexity index is 3290. The molecule has 0 saturated carbocycles. The van der Waals surface area contributed by atoms with E-state index in [2.05, 4.69) is 217 Å². The Morgan fingerprint density at radius 1 is 0.339 bits per heavy atom. The monoisotopic (exact) mass is 754 g/mol. The lowest BCUT2D eigenvalue weighted by atomic mass is 9.81. The first-order valence-corrected chi connectivity index (χ1v) is 21.0. The first-order valence-electron chi connectivity index (χ1n) is 21.0. The Hall–Kier alpha value is -6.76. The molecule has 282 valence electrons. The highest BCUT2D eigenvalue weighted by Crippen LogP contribution is 2.51. The second-order valence-electron chi connectivity index (χ2n) is 17.7. The van der Waals surface area contributed by atoms with Gasteiger partial charge in [0.15, 0.2) is 0 Å². The third-order valence-corrected chi connectivity index (χ3v) is 13.8. The Morgan fingerprint density at radius 2 is 0.746 bits per heavy atom. The van der Waals surface area contributed by atoms with Crippen molar-refractivity contribution in [1.29, 1.82) is 0 Å². The third-order valence-electron chi connectivity index (χ3n) is 13.8. The normalized spacial score (nSPS) is 15.5. The fourth-order valence-corrected chi connectivity index (χ4v) is 10.7. The van der Waals surface area contributed by atoms with Crippen molar-refractivity contribution in [2.24, 2.45) is 0 Å². The Labute approximate surface area is 347 Å². The second kappa shape index (κ2) is 12.9. The Balaban J connectivity index is 1.01. The standard InChI is InChI=1S/C59H46/c1-7-54-36(2)45-26-22-43(34-56(45)58(54,3)4)39-16-12-14-37(30-39)41-23-27-48-46-18-8-9-19-47(46)49-28-24-42(33-53(49)52(48)32-41)38-15-13-17-40(31-38)44-25-29-51-50-20-10-11-21-55(50)59(5,6)57(51)35-44/h7-35H,2H2,1,3-6H3/b54-7+. The summed E-state index contributed by atoms with van der Waals surface area (Å²) < 4.78 is 0. The number of hydrogen-bond acceptors (Lipinski definition) is 0. The maximum atomic E-state index is 4.46. The van der Waals surface area contributed by atoms with Crippen LogP contribution in [0.25, 0.3) is 93.5 Å². The molecular weight excluding hydrogens is 709 g/mol. The van der Waals surface area contributed by atoms with Gasteiger partial charge in [-0.25, -0.2) is 0 Å². The molecule has 2 aliphatic carbocycles. The van der Waals surface area contributed by atoms with Crippen molar-refractivity contribution in [3.63, 3.8) is 0 Å². The summed E-state index contributed by atoms with van der Waals surface area (Å²) in [5, 5.41) is 7.68. The highest BCUT2D eigenvalue weighted by molar-refractivity contribution is 6.26. The number of rotatable bonds is 4. The van der Waals surface area contributed by atoms with E-state index in [0.29, 0.717) is 0 Å². The number of hydrogen-bond donors (Lipinski definition) is 0. The molecular formula is C59H46. The van der Waals surface area contributed by atoms with Crippen LogP contribution in [0.4, 0.5) is 0 Å². The van der Waals surface area contributed by atoms with Crippen LogP contribution in [0.2, 0.25) is 0 Å². The van der Waals surface area contributed by atoms with E-state index in [0.717, 1.165) is 5.57 Å². The van der Waals surface area contributed by atoms with Crippen LogP contribution >= 0.6 is 0 Å². The van der Waals surface area contributed by atoms with Gasteiger partial charge in [0.05, 0.1) is 0 Å². The molecule has 0 amide bonds. The highest BCUT2D eigenvalue weighted by Gasteiger charge is 2.37. The van der Waals surface area contributed by atoms with Crippen LogP contribution < -0.4 is 0 Å². The van der Waals surface area contributed by atoms with Crippen LogP contribution in [-0.4, -0.2) is 0 Å². The molecule has 0 heterocycles. The summed E-state index contributed by atoms with van der Waals surface area (Å²) in [6.45, 7) is 15.9. The van der Waals surface area contributed by atoms with Gasteiger partial charge in [-0.1, -0.05) is 174 Å². The van der Waals surface area contributed by atoms with Crippen molar-refractivity contribution in [2.75, 3.05) is 0 Å². The van der Waals surface area contributed by atoms with Crippen molar-refractivity contribution in [2.45, 2.75) is 45.4 Å². The molecule has 0 aromatic heterocycles. The molecule has 0 saturated heterocycles. The van der Waals surface area contributed by atoms with Crippen molar-refractivity contribution in [1.82, 2.24) is 0 Å². The minimum atomic E-state index is -0.0663. The van der Waals surface area contributed by atoms with Crippen LogP contribution in [0.1, 0.15) is 56.9 Å². The third kappa shape index (κ3) is 5.29. The fraction of sp³-hybridized carbons (Fsp3) is 0.119. The maximum Gasteiger partial charge on any atom is 0.0159 e. The zero-order valence-electron chi connectivity index (χ0n) is 34.5. The zero-order valence-corrected chi connectivity index (χ0v) is 34.5. The van der Waals surface area contributed by atoms with E-state index in [1.807, 2.05) is 0 Å². The number of benzene rings is 9. The summed E-state index contributed by atoms with van der Waals surface area (Å²) in [5.41, 5.74) is 20.3. The maximum absolute atomic E-state index is 4.46. The van der Waals surface area contributed by atoms with Crippen molar-refractivity contribution >= 4 is 37.9 Å². The summed E-state index contributed by atoms with van der Waals surface area (Å²) in [6, 6.07) is 64.0. The van der Waals surface area contributed by atoms with Gasteiger partial charge in [0.1, 0.15) is 0 Å². The van der Waals surface area contributed by atoms with Gasteiger partial charge in [0.2, 0.25) is 0 Å². The van der Waals surface area contributed by atoms with Crippen LogP contribution in [0, 0.1) is 0 Å². The summed E-state index contributed by atoms with van der Waals surface area (Å²) in [5.74, 6) is 0. The van der Waals surface area contributed by atoms with Crippen LogP contribution in [0.5, 0.6) is 0 Å². The second-order valence-corrected chi connectivity index (χ2v) is 17.7. The van der Waals surface area contributed by atoms with E-state index in [9.17, 15) is 0 Å². The van der Waals surface area contributed by atoms with Gasteiger partial charge in [-0.2, -0.15) is 0 Å². The van der Waals surface area contributed by atoms with Gasteiger partial charge in [-0.3, -0.25) is 0 Å². The smallest absolute Gasteiger partial charge is 0.0159 e. The molecule has 9 aromatic rings. The van der Waals surface area contributed by atoms with E-state index in [1.165, 1.54) is 116 Å². The SMILES string of the molecule is C=C1/C(=C\C)C(C)(C)c2cc(-c3cccc(-c4ccc5c6ccccc6c6ccc(-c7cccc(-c8ccc9c(c8)C(C)(C)c8ccccc8-9)c7)cc6c5c4)c3)ccc21. The summed E-state index contributed by atoms with van der Waals surface area (Å²) in [6.07, 6.45) is 2.23. The minimum Gasteiger partial charge on any atom is -0.0909 e. The molecule has 0 bridgehead atoms. The van der Waals surface area contributed by atoms with Crippen molar-refractivity contribution in [3.8, 4) is 55.6 Å². The van der Waals surface area contributed by atoms with Gasteiger partial charge in [0, 0.05) is 10.8 Å². The molecule has 0 fully saturated rings. The van der Waals surface area contributed by atoms with Crippen molar-refractivity contribution < 1.29 is 0 Å². The van der Waals surface area contributed by atoms with Gasteiger partial charge in [-0.05, 0) is 165 Å². The predicted octanol–water partition coefficient (Wildman–Crippen LogP) is 16.4. The summed E-state index contributed by atoms with van der Waals surface area (Å²) >= 11 is 0. The average molecular weight is 755 g/mol. The van der Waals surface area contributed by atoms with Gasteiger partial charge in [-0.15, -0.1) is 0 Å². The first-order chi connectivity index (χ1) is 28.6. The number of fused-ring (bicyclic) bond motifs is 10. The molecule has 0 radical (unpaired) electrons. The van der Waals surface area contributed by atoms with E-state index in [-0.39, 0.29) is 10.8 Å². The molecule has 0 N–H and O–H groups in total. The van der Waals surface area contributed by atoms with Gasteiger partial charge in [0.25, 0.3) is 0 Å². The molecule has 0 atom stereocenters. The van der Waals surface area contributed by atoms with E-state index in [1.54, 1.807) is 0 Å². The van der Waals surface area contributed by atoms with E-state index < -0.39 is 0 Å². The molecule has 0 spiro atoms. The molecule has 2 aliphatic rings. The fourth-order valence-electron chi connectivity index (χ4n) is 10.7. The highest BCUT2D eigenvalue weighted by atomic mass is 14.4. The topological polar surface area (TPSA) is 0 Å². The molecule has 0 unspecified atom stereocenters. The van der Waals surface area contributed by atoms with Crippen LogP contribution in [-0.2, 0) is 10.8 Å². The lowest BCUT2D eigenvalue weighted by molar-refractivity contribution is 0.660. The lowest BCUT2D eigenvalue weighted by Crippen LogP contribution is -2.15. The quantitative estimate of drug-likeness (QED) is 0.157. The first kappa shape index (κ1) is 35.4. The number of allylic oxidation sites excluding steroid dienone is 3. The molecule has 9 aromatic carbocycles. The Morgan fingerprint density at radius 3 is 1.29 bits per heavy atom. The largest absolute Gasteiger partial charge is 0.0909 e. The molecule has 0 aliphatic heterocycles. The molecule has 11 rings (SSSR count).